The molecule has 2 aliphatic heterocycles. The number of amides is 1. The highest BCUT2D eigenvalue weighted by Crippen LogP contribution is 2.50. The average Bonchev–Trinajstić information content (AvgIpc) is 3.49. The van der Waals surface area contributed by atoms with Crippen molar-refractivity contribution < 1.29 is 9.44 Å². The average molecular weight is 571 g/mol. The molecule has 0 saturated carbocycles. The van der Waals surface area contributed by atoms with Crippen LogP contribution in [0.25, 0.3) is 16.5 Å². The lowest BCUT2D eigenvalue weighted by Crippen LogP contribution is -2.39. The van der Waals surface area contributed by atoms with Crippen molar-refractivity contribution in [3.63, 3.8) is 0 Å². The third kappa shape index (κ3) is 4.46. The summed E-state index contributed by atoms with van der Waals surface area (Å²) in [6.07, 6.45) is 9.25. The van der Waals surface area contributed by atoms with Gasteiger partial charge in [-0.1, -0.05) is 115 Å². The van der Waals surface area contributed by atoms with Crippen molar-refractivity contribution in [1.82, 2.24) is 4.90 Å². The van der Waals surface area contributed by atoms with Gasteiger partial charge in [-0.15, -0.1) is 0 Å². The predicted octanol–water partition coefficient (Wildman–Crippen LogP) is 7.82. The van der Waals surface area contributed by atoms with Gasteiger partial charge in [-0.25, -0.2) is 0 Å². The largest absolute Gasteiger partial charge is 0.627 e. The van der Waals surface area contributed by atoms with E-state index in [2.05, 4.69) is 54.3 Å². The Labute approximate surface area is 257 Å². The maximum Gasteiger partial charge on any atom is 0.265 e. The molecule has 0 saturated heterocycles. The fraction of sp³-hybridized carbons (Fsp3) is 0.125. The number of fused-ring (bicyclic) bond motifs is 3. The number of carbonyl (C=O) groups excluding carboxylic acids is 1. The topological polar surface area (TPSA) is 43.4 Å². The maximum absolute atomic E-state index is 15.2. The van der Waals surface area contributed by atoms with Crippen molar-refractivity contribution in [2.24, 2.45) is 5.92 Å². The fourth-order valence-corrected chi connectivity index (χ4v) is 7.01. The van der Waals surface area contributed by atoms with Gasteiger partial charge in [0, 0.05) is 23.5 Å². The second kappa shape index (κ2) is 10.5. The smallest absolute Gasteiger partial charge is 0.265 e. The SMILES string of the molecule is O=C1C2=C(c3ccc4ccccc4c3)[N+]([O-])(Cc3ccccc3)CC2=C(C2=CC3=CC#CC[C@@H]3C=C2)N1Cc1ccccc1. The van der Waals surface area contributed by atoms with Crippen LogP contribution in [-0.4, -0.2) is 22.0 Å². The molecule has 4 nitrogen and oxygen atoms in total. The van der Waals surface area contributed by atoms with Crippen LogP contribution in [0.5, 0.6) is 0 Å². The van der Waals surface area contributed by atoms with Gasteiger partial charge in [-0.2, -0.15) is 0 Å². The van der Waals surface area contributed by atoms with Crippen molar-refractivity contribution in [1.29, 1.82) is 0 Å². The normalized spacial score (nSPS) is 22.1. The minimum atomic E-state index is -0.616. The van der Waals surface area contributed by atoms with E-state index in [4.69, 9.17) is 0 Å². The predicted molar refractivity (Wildman–Crippen MR) is 175 cm³/mol. The molecule has 0 fully saturated rings. The fourth-order valence-electron chi connectivity index (χ4n) is 7.01. The number of nitrogens with zero attached hydrogens (tertiary/aromatic N) is 2. The molecule has 4 aromatic rings. The van der Waals surface area contributed by atoms with E-state index in [1.165, 1.54) is 0 Å². The van der Waals surface area contributed by atoms with Gasteiger partial charge in [0.15, 0.2) is 5.70 Å². The number of hydroxylamine groups is 3. The molecule has 4 aliphatic rings. The molecular weight excluding hydrogens is 540 g/mol. The molecule has 2 heterocycles. The zero-order valence-corrected chi connectivity index (χ0v) is 24.2. The molecule has 1 unspecified atom stereocenters. The van der Waals surface area contributed by atoms with Gasteiger partial charge in [-0.3, -0.25) is 4.79 Å². The third-order valence-electron chi connectivity index (χ3n) is 9.06. The van der Waals surface area contributed by atoms with Crippen LogP contribution in [0, 0.1) is 23.0 Å². The van der Waals surface area contributed by atoms with Gasteiger partial charge in [0.25, 0.3) is 5.91 Å². The van der Waals surface area contributed by atoms with Crippen LogP contribution in [0.1, 0.15) is 23.1 Å². The standard InChI is InChI=1S/C40H30N2O2/c43-40-37-36(38(41(40)25-28-11-3-1-4-12-28)34-21-19-30-15-7-9-17-32(30)23-34)27-42(44,26-29-13-5-2-6-14-29)39(37)35-22-20-31-16-8-10-18-33(31)24-35/h1-6,8,10-14,16-24,30H,15,25-27H2/t30-,42?/m1/s1. The number of allylic oxidation sites excluding steroid dienone is 5. The van der Waals surface area contributed by atoms with Gasteiger partial charge in [0.1, 0.15) is 18.7 Å². The molecule has 0 bridgehead atoms. The van der Waals surface area contributed by atoms with E-state index in [0.29, 0.717) is 17.8 Å². The molecule has 2 aliphatic carbocycles. The second-order valence-electron chi connectivity index (χ2n) is 11.9. The molecule has 44 heavy (non-hydrogen) atoms. The molecule has 4 heteroatoms. The zero-order valence-electron chi connectivity index (χ0n) is 24.2. The molecule has 2 atom stereocenters. The highest BCUT2D eigenvalue weighted by atomic mass is 16.5. The second-order valence-corrected chi connectivity index (χ2v) is 11.9. The Morgan fingerprint density at radius 1 is 0.864 bits per heavy atom. The molecule has 212 valence electrons. The van der Waals surface area contributed by atoms with Gasteiger partial charge in [-0.05, 0) is 51.8 Å². The quantitative estimate of drug-likeness (QED) is 0.135. The van der Waals surface area contributed by atoms with Gasteiger partial charge in [0.2, 0.25) is 0 Å². The van der Waals surface area contributed by atoms with Crippen molar-refractivity contribution in [3.05, 3.63) is 177 Å². The Kier molecular flexibility index (Phi) is 6.31. The number of quaternary nitrogens is 1. The van der Waals surface area contributed by atoms with E-state index < -0.39 is 4.65 Å². The molecule has 0 aromatic heterocycles. The number of carbonyl (C=O) groups is 1. The summed E-state index contributed by atoms with van der Waals surface area (Å²) >= 11 is 0. The molecule has 0 N–H and O–H groups in total. The van der Waals surface area contributed by atoms with Gasteiger partial charge < -0.3 is 14.8 Å². The lowest BCUT2D eigenvalue weighted by atomic mass is 9.85. The van der Waals surface area contributed by atoms with Gasteiger partial charge >= 0.3 is 0 Å². The summed E-state index contributed by atoms with van der Waals surface area (Å²) in [4.78, 5) is 16.6. The first-order chi connectivity index (χ1) is 21.6. The number of hydrogen-bond acceptors (Lipinski definition) is 2. The summed E-state index contributed by atoms with van der Waals surface area (Å²) in [6, 6.07) is 34.2. The van der Waals surface area contributed by atoms with E-state index in [1.807, 2.05) is 89.8 Å². The van der Waals surface area contributed by atoms with Crippen LogP contribution in [0.3, 0.4) is 0 Å². The zero-order chi connectivity index (χ0) is 29.7. The molecule has 0 spiro atoms. The molecular formula is C40H30N2O2. The lowest BCUT2D eigenvalue weighted by molar-refractivity contribution is -0.813. The Balaban J connectivity index is 1.35. The summed E-state index contributed by atoms with van der Waals surface area (Å²) < 4.78 is -0.616. The molecule has 0 radical (unpaired) electrons. The Hall–Kier alpha value is -5.21. The first-order valence-corrected chi connectivity index (χ1v) is 15.1. The highest BCUT2D eigenvalue weighted by Gasteiger charge is 2.50. The number of rotatable bonds is 6. The van der Waals surface area contributed by atoms with E-state index in [-0.39, 0.29) is 24.9 Å². The molecule has 4 aromatic carbocycles. The summed E-state index contributed by atoms with van der Waals surface area (Å²) in [7, 11) is 0. The van der Waals surface area contributed by atoms with Crippen LogP contribution in [-0.2, 0) is 17.9 Å². The van der Waals surface area contributed by atoms with Crippen LogP contribution < -0.4 is 0 Å². The van der Waals surface area contributed by atoms with Gasteiger partial charge in [0.05, 0.1) is 17.8 Å². The Bertz CT molecular complexity index is 2050. The van der Waals surface area contributed by atoms with E-state index in [9.17, 15) is 4.79 Å². The Morgan fingerprint density at radius 3 is 2.39 bits per heavy atom. The molecule has 8 rings (SSSR count). The van der Waals surface area contributed by atoms with Crippen molar-refractivity contribution in [2.75, 3.05) is 6.54 Å². The summed E-state index contributed by atoms with van der Waals surface area (Å²) in [5.74, 6) is 6.47. The summed E-state index contributed by atoms with van der Waals surface area (Å²) in [6.45, 7) is 0.858. The first-order valence-electron chi connectivity index (χ1n) is 15.1. The van der Waals surface area contributed by atoms with Crippen molar-refractivity contribution in [2.45, 2.75) is 19.5 Å². The number of benzene rings is 4. The van der Waals surface area contributed by atoms with E-state index in [0.717, 1.165) is 56.3 Å². The van der Waals surface area contributed by atoms with E-state index in [1.54, 1.807) is 0 Å². The van der Waals surface area contributed by atoms with Crippen LogP contribution >= 0.6 is 0 Å². The van der Waals surface area contributed by atoms with Crippen LogP contribution in [0.15, 0.2) is 155 Å². The minimum Gasteiger partial charge on any atom is -0.627 e. The third-order valence-corrected chi connectivity index (χ3v) is 9.06. The lowest BCUT2D eigenvalue weighted by Gasteiger charge is -2.41. The van der Waals surface area contributed by atoms with Crippen LogP contribution in [0.2, 0.25) is 0 Å². The van der Waals surface area contributed by atoms with E-state index >= 15 is 5.21 Å². The summed E-state index contributed by atoms with van der Waals surface area (Å²) in [5, 5.41) is 17.4. The summed E-state index contributed by atoms with van der Waals surface area (Å²) in [5.41, 5.74) is 7.66. The highest BCUT2D eigenvalue weighted by molar-refractivity contribution is 6.10. The molecule has 1 amide bonds. The van der Waals surface area contributed by atoms with Crippen molar-refractivity contribution in [3.8, 4) is 11.8 Å². The maximum atomic E-state index is 15.2. The Morgan fingerprint density at radius 2 is 1.59 bits per heavy atom. The number of hydrogen-bond donors (Lipinski definition) is 0. The van der Waals surface area contributed by atoms with Crippen LogP contribution in [0.4, 0.5) is 0 Å². The minimum absolute atomic E-state index is 0.111. The first kappa shape index (κ1) is 26.4. The monoisotopic (exact) mass is 570 g/mol. The van der Waals surface area contributed by atoms with Crippen molar-refractivity contribution >= 4 is 22.4 Å².